The number of anilines is 2. The molecule has 1 N–H and O–H groups in total. The molecular weight excluding hydrogens is 368 g/mol. The van der Waals surface area contributed by atoms with Crippen molar-refractivity contribution >= 4 is 23.2 Å². The molecule has 0 spiro atoms. The minimum Gasteiger partial charge on any atom is -0.360 e. The van der Waals surface area contributed by atoms with Gasteiger partial charge in [0.1, 0.15) is 5.56 Å². The maximum Gasteiger partial charge on any atom is 0.261 e. The molecule has 3 heterocycles. The summed E-state index contributed by atoms with van der Waals surface area (Å²) in [5.41, 5.74) is 4.17. The Hall–Kier alpha value is -3.48. The third kappa shape index (κ3) is 3.51. The first-order valence-corrected chi connectivity index (χ1v) is 9.58. The van der Waals surface area contributed by atoms with Gasteiger partial charge in [-0.1, -0.05) is 19.0 Å². The number of amides is 2. The zero-order valence-corrected chi connectivity index (χ0v) is 16.6. The van der Waals surface area contributed by atoms with E-state index in [2.05, 4.69) is 15.5 Å². The number of pyridine rings is 1. The van der Waals surface area contributed by atoms with Crippen molar-refractivity contribution in [2.45, 2.75) is 33.1 Å². The van der Waals surface area contributed by atoms with Crippen LogP contribution in [-0.4, -0.2) is 28.5 Å². The van der Waals surface area contributed by atoms with Gasteiger partial charge in [0.25, 0.3) is 11.8 Å². The number of benzene rings is 1. The Bertz CT molecular complexity index is 1070. The average molecular weight is 390 g/mol. The molecule has 2 amide bonds. The van der Waals surface area contributed by atoms with Gasteiger partial charge in [0.15, 0.2) is 5.76 Å². The zero-order chi connectivity index (χ0) is 20.5. The van der Waals surface area contributed by atoms with E-state index >= 15 is 0 Å². The van der Waals surface area contributed by atoms with Crippen LogP contribution in [0.4, 0.5) is 11.4 Å². The summed E-state index contributed by atoms with van der Waals surface area (Å²) >= 11 is 0. The Morgan fingerprint density at radius 2 is 2.07 bits per heavy atom. The molecule has 0 atom stereocenters. The monoisotopic (exact) mass is 390 g/mol. The Balaban J connectivity index is 1.55. The molecule has 4 rings (SSSR count). The number of nitrogens with zero attached hydrogens (tertiary/aromatic N) is 3. The lowest BCUT2D eigenvalue weighted by Gasteiger charge is -2.17. The van der Waals surface area contributed by atoms with E-state index < -0.39 is 0 Å². The lowest BCUT2D eigenvalue weighted by Crippen LogP contribution is -2.28. The molecule has 1 aliphatic heterocycles. The van der Waals surface area contributed by atoms with Crippen LogP contribution in [0.2, 0.25) is 0 Å². The lowest BCUT2D eigenvalue weighted by atomic mass is 10.0. The van der Waals surface area contributed by atoms with E-state index in [0.29, 0.717) is 34.8 Å². The van der Waals surface area contributed by atoms with Crippen LogP contribution in [0.1, 0.15) is 57.5 Å². The molecule has 0 aliphatic carbocycles. The SMILES string of the molecule is Cc1noc(C(C)C)c1C(=O)Nc1ccc2c(c1)CCN2C(=O)c1cccnc1. The van der Waals surface area contributed by atoms with Crippen molar-refractivity contribution in [3.63, 3.8) is 0 Å². The van der Waals surface area contributed by atoms with Crippen LogP contribution in [0.15, 0.2) is 47.2 Å². The van der Waals surface area contributed by atoms with Crippen molar-refractivity contribution < 1.29 is 14.1 Å². The molecule has 2 aromatic heterocycles. The van der Waals surface area contributed by atoms with Crippen molar-refractivity contribution in [1.82, 2.24) is 10.1 Å². The third-order valence-corrected chi connectivity index (χ3v) is 5.03. The summed E-state index contributed by atoms with van der Waals surface area (Å²) < 4.78 is 5.31. The summed E-state index contributed by atoms with van der Waals surface area (Å²) in [7, 11) is 0. The summed E-state index contributed by atoms with van der Waals surface area (Å²) in [5.74, 6) is 0.322. The van der Waals surface area contributed by atoms with E-state index in [4.69, 9.17) is 4.52 Å². The number of carbonyl (C=O) groups is 2. The quantitative estimate of drug-likeness (QED) is 0.728. The highest BCUT2D eigenvalue weighted by Gasteiger charge is 2.27. The largest absolute Gasteiger partial charge is 0.360 e. The van der Waals surface area contributed by atoms with E-state index in [0.717, 1.165) is 17.7 Å². The lowest BCUT2D eigenvalue weighted by molar-refractivity contribution is 0.0987. The molecule has 7 nitrogen and oxygen atoms in total. The molecule has 0 saturated carbocycles. The van der Waals surface area contributed by atoms with Gasteiger partial charge in [-0.25, -0.2) is 0 Å². The minimum absolute atomic E-state index is 0.0593. The maximum atomic E-state index is 12.8. The first kappa shape index (κ1) is 18.9. The van der Waals surface area contributed by atoms with Crippen LogP contribution >= 0.6 is 0 Å². The second-order valence-corrected chi connectivity index (χ2v) is 7.41. The van der Waals surface area contributed by atoms with Gasteiger partial charge in [-0.2, -0.15) is 0 Å². The second kappa shape index (κ2) is 7.50. The normalized spacial score (nSPS) is 12.9. The smallest absolute Gasteiger partial charge is 0.261 e. The van der Waals surface area contributed by atoms with Crippen molar-refractivity contribution in [3.8, 4) is 0 Å². The van der Waals surface area contributed by atoms with E-state index in [-0.39, 0.29) is 17.7 Å². The Morgan fingerprint density at radius 3 is 2.79 bits per heavy atom. The van der Waals surface area contributed by atoms with Crippen molar-refractivity contribution in [2.24, 2.45) is 0 Å². The van der Waals surface area contributed by atoms with Crippen molar-refractivity contribution in [3.05, 3.63) is 70.9 Å². The molecule has 1 aliphatic rings. The molecular formula is C22H22N4O3. The molecule has 1 aromatic carbocycles. The minimum atomic E-state index is -0.242. The van der Waals surface area contributed by atoms with Crippen LogP contribution in [0.5, 0.6) is 0 Å². The number of rotatable bonds is 4. The number of hydrogen-bond acceptors (Lipinski definition) is 5. The van der Waals surface area contributed by atoms with Gasteiger partial charge < -0.3 is 14.7 Å². The van der Waals surface area contributed by atoms with E-state index in [1.54, 1.807) is 36.4 Å². The molecule has 0 unspecified atom stereocenters. The number of nitrogens with one attached hydrogen (secondary N) is 1. The van der Waals surface area contributed by atoms with Crippen LogP contribution < -0.4 is 10.2 Å². The topological polar surface area (TPSA) is 88.3 Å². The predicted molar refractivity (Wildman–Crippen MR) is 109 cm³/mol. The van der Waals surface area contributed by atoms with Crippen LogP contribution in [-0.2, 0) is 6.42 Å². The first-order chi connectivity index (χ1) is 14.0. The van der Waals surface area contributed by atoms with Gasteiger partial charge in [-0.05, 0) is 49.2 Å². The number of aromatic nitrogens is 2. The van der Waals surface area contributed by atoms with Gasteiger partial charge >= 0.3 is 0 Å². The van der Waals surface area contributed by atoms with Gasteiger partial charge in [-0.15, -0.1) is 0 Å². The molecule has 148 valence electrons. The number of aryl methyl sites for hydroxylation is 1. The highest BCUT2D eigenvalue weighted by molar-refractivity contribution is 6.08. The highest BCUT2D eigenvalue weighted by Crippen LogP contribution is 2.32. The van der Waals surface area contributed by atoms with Crippen LogP contribution in [0, 0.1) is 6.92 Å². The summed E-state index contributed by atoms with van der Waals surface area (Å²) in [6.45, 7) is 6.28. The number of hydrogen-bond donors (Lipinski definition) is 1. The predicted octanol–water partition coefficient (Wildman–Crippen LogP) is 3.96. The first-order valence-electron chi connectivity index (χ1n) is 9.58. The molecule has 0 radical (unpaired) electrons. The number of fused-ring (bicyclic) bond motifs is 1. The summed E-state index contributed by atoms with van der Waals surface area (Å²) in [6.07, 6.45) is 3.95. The van der Waals surface area contributed by atoms with E-state index in [1.807, 2.05) is 32.0 Å². The fraction of sp³-hybridized carbons (Fsp3) is 0.273. The molecule has 29 heavy (non-hydrogen) atoms. The highest BCUT2D eigenvalue weighted by atomic mass is 16.5. The second-order valence-electron chi connectivity index (χ2n) is 7.41. The van der Waals surface area contributed by atoms with Crippen molar-refractivity contribution in [1.29, 1.82) is 0 Å². The zero-order valence-electron chi connectivity index (χ0n) is 16.6. The van der Waals surface area contributed by atoms with Gasteiger partial charge in [0.05, 0.1) is 11.3 Å². The van der Waals surface area contributed by atoms with Gasteiger partial charge in [0, 0.05) is 36.2 Å². The molecule has 0 saturated heterocycles. The Kier molecular flexibility index (Phi) is 4.88. The van der Waals surface area contributed by atoms with E-state index in [1.165, 1.54) is 0 Å². The summed E-state index contributed by atoms with van der Waals surface area (Å²) in [5, 5.41) is 6.86. The van der Waals surface area contributed by atoms with Gasteiger partial charge in [-0.3, -0.25) is 14.6 Å². The average Bonchev–Trinajstić information content (AvgIpc) is 3.31. The molecule has 7 heteroatoms. The van der Waals surface area contributed by atoms with Gasteiger partial charge in [0.2, 0.25) is 0 Å². The fourth-order valence-corrected chi connectivity index (χ4v) is 3.59. The molecule has 3 aromatic rings. The van der Waals surface area contributed by atoms with Crippen LogP contribution in [0.25, 0.3) is 0 Å². The van der Waals surface area contributed by atoms with E-state index in [9.17, 15) is 9.59 Å². The standard InChI is InChI=1S/C22H22N4O3/c1-13(2)20-19(14(3)25-29-20)21(27)24-17-6-7-18-15(11-17)8-10-26(18)22(28)16-5-4-9-23-12-16/h4-7,9,11-13H,8,10H2,1-3H3,(H,24,27). The molecule has 0 bridgehead atoms. The fourth-order valence-electron chi connectivity index (χ4n) is 3.59. The summed E-state index contributed by atoms with van der Waals surface area (Å²) in [4.78, 5) is 31.3. The maximum absolute atomic E-state index is 12.8. The Morgan fingerprint density at radius 1 is 1.24 bits per heavy atom. The summed E-state index contributed by atoms with van der Waals surface area (Å²) in [6, 6.07) is 9.11. The van der Waals surface area contributed by atoms with Crippen molar-refractivity contribution in [2.75, 3.05) is 16.8 Å². The van der Waals surface area contributed by atoms with Crippen LogP contribution in [0.3, 0.4) is 0 Å². The molecule has 0 fully saturated rings. The Labute approximate surface area is 168 Å². The number of carbonyl (C=O) groups excluding carboxylic acids is 2. The third-order valence-electron chi connectivity index (χ3n) is 5.03.